The highest BCUT2D eigenvalue weighted by molar-refractivity contribution is 9.10. The lowest BCUT2D eigenvalue weighted by molar-refractivity contribution is 0.680. The lowest BCUT2D eigenvalue weighted by Crippen LogP contribution is -2.12. The lowest BCUT2D eigenvalue weighted by atomic mass is 10.0. The molecule has 0 saturated heterocycles. The molecule has 0 fully saturated rings. The minimum Gasteiger partial charge on any atom is -0.313 e. The fourth-order valence-electron chi connectivity index (χ4n) is 1.65. The maximum absolute atomic E-state index is 3.58. The summed E-state index contributed by atoms with van der Waals surface area (Å²) in [5.41, 5.74) is 2.93. The Bertz CT molecular complexity index is 288. The second-order valence-corrected chi connectivity index (χ2v) is 4.01. The van der Waals surface area contributed by atoms with Crippen molar-refractivity contribution in [3.8, 4) is 0 Å². The van der Waals surface area contributed by atoms with Crippen molar-refractivity contribution in [2.24, 2.45) is 0 Å². The van der Waals surface area contributed by atoms with E-state index in [1.807, 2.05) is 0 Å². The number of benzene rings is 1. The van der Waals surface area contributed by atoms with Crippen LogP contribution in [0.1, 0.15) is 17.5 Å². The van der Waals surface area contributed by atoms with Crippen molar-refractivity contribution in [3.05, 3.63) is 33.8 Å². The predicted octanol–water partition coefficient (Wildman–Crippen LogP) is 2.91. The quantitative estimate of drug-likeness (QED) is 0.758. The van der Waals surface area contributed by atoms with E-state index in [0.29, 0.717) is 0 Å². The Hall–Kier alpha value is -0.0500. The molecule has 0 amide bonds. The second kappa shape index (κ2) is 4.99. The number of fused-ring (bicyclic) bond motifs is 1. The lowest BCUT2D eigenvalue weighted by Gasteiger charge is -2.06. The molecule has 0 aliphatic carbocycles. The van der Waals surface area contributed by atoms with Crippen LogP contribution in [0.4, 0.5) is 0 Å². The van der Waals surface area contributed by atoms with Gasteiger partial charge in [-0.2, -0.15) is 0 Å². The fraction of sp³-hybridized carbons (Fsp3) is 0.400. The molecule has 0 spiro atoms. The minimum atomic E-state index is 0. The minimum absolute atomic E-state index is 0. The Morgan fingerprint density at radius 1 is 1.31 bits per heavy atom. The first-order chi connectivity index (χ1) is 5.88. The highest BCUT2D eigenvalue weighted by atomic mass is 79.9. The predicted molar refractivity (Wildman–Crippen MR) is 61.4 cm³/mol. The van der Waals surface area contributed by atoms with Crippen molar-refractivity contribution in [1.82, 2.24) is 5.32 Å². The molecule has 2 rings (SSSR count). The molecule has 3 heteroatoms. The summed E-state index contributed by atoms with van der Waals surface area (Å²) in [5.74, 6) is 0. The number of rotatable bonds is 0. The van der Waals surface area contributed by atoms with E-state index < -0.39 is 0 Å². The van der Waals surface area contributed by atoms with Crippen LogP contribution in [0, 0.1) is 0 Å². The molecule has 0 radical (unpaired) electrons. The Morgan fingerprint density at radius 2 is 2.15 bits per heavy atom. The summed E-state index contributed by atoms with van der Waals surface area (Å²) in [5, 5.41) is 3.41. The number of nitrogens with one attached hydrogen (secondary N) is 1. The first-order valence-corrected chi connectivity index (χ1v) is 5.14. The van der Waals surface area contributed by atoms with Crippen LogP contribution in [-0.2, 0) is 13.0 Å². The van der Waals surface area contributed by atoms with E-state index in [1.54, 1.807) is 0 Å². The van der Waals surface area contributed by atoms with E-state index in [4.69, 9.17) is 0 Å². The standard InChI is InChI=1S/C10H12BrN.ClH/c11-10-5-1-3-8-4-2-6-12-7-9(8)10;/h1,3,5,12H,2,4,6-7H2;1H. The van der Waals surface area contributed by atoms with Crippen LogP contribution in [0.2, 0.25) is 0 Å². The highest BCUT2D eigenvalue weighted by Gasteiger charge is 2.08. The van der Waals surface area contributed by atoms with Gasteiger partial charge in [-0.15, -0.1) is 12.4 Å². The molecule has 0 unspecified atom stereocenters. The van der Waals surface area contributed by atoms with Crippen LogP contribution in [0.5, 0.6) is 0 Å². The van der Waals surface area contributed by atoms with Crippen LogP contribution in [0.25, 0.3) is 0 Å². The van der Waals surface area contributed by atoms with Crippen LogP contribution in [0.15, 0.2) is 22.7 Å². The monoisotopic (exact) mass is 261 g/mol. The fourth-order valence-corrected chi connectivity index (χ4v) is 2.20. The van der Waals surface area contributed by atoms with Gasteiger partial charge in [-0.05, 0) is 36.6 Å². The Balaban J connectivity index is 0.000000845. The highest BCUT2D eigenvalue weighted by Crippen LogP contribution is 2.22. The topological polar surface area (TPSA) is 12.0 Å². The van der Waals surface area contributed by atoms with Gasteiger partial charge in [0, 0.05) is 11.0 Å². The van der Waals surface area contributed by atoms with E-state index >= 15 is 0 Å². The Kier molecular flexibility index (Phi) is 4.23. The number of hydrogen-bond donors (Lipinski definition) is 1. The molecule has 1 aromatic rings. The zero-order chi connectivity index (χ0) is 8.39. The third-order valence-electron chi connectivity index (χ3n) is 2.32. The molecule has 1 aliphatic rings. The average molecular weight is 263 g/mol. The molecule has 1 N–H and O–H groups in total. The third kappa shape index (κ3) is 2.46. The molecule has 1 aromatic carbocycles. The number of hydrogen-bond acceptors (Lipinski definition) is 1. The smallest absolute Gasteiger partial charge is 0.0223 e. The molecule has 1 aliphatic heterocycles. The van der Waals surface area contributed by atoms with E-state index in [-0.39, 0.29) is 12.4 Å². The van der Waals surface area contributed by atoms with Gasteiger partial charge in [-0.1, -0.05) is 28.1 Å². The largest absolute Gasteiger partial charge is 0.313 e. The van der Waals surface area contributed by atoms with Gasteiger partial charge in [0.05, 0.1) is 0 Å². The molecule has 0 bridgehead atoms. The summed E-state index contributed by atoms with van der Waals surface area (Å²) in [7, 11) is 0. The van der Waals surface area contributed by atoms with Crippen molar-refractivity contribution in [2.45, 2.75) is 19.4 Å². The molecule has 0 aromatic heterocycles. The van der Waals surface area contributed by atoms with Gasteiger partial charge in [-0.25, -0.2) is 0 Å². The average Bonchev–Trinajstić information content (AvgIpc) is 2.30. The first-order valence-electron chi connectivity index (χ1n) is 4.35. The van der Waals surface area contributed by atoms with E-state index in [9.17, 15) is 0 Å². The van der Waals surface area contributed by atoms with Crippen molar-refractivity contribution in [2.75, 3.05) is 6.54 Å². The summed E-state index contributed by atoms with van der Waals surface area (Å²) in [6.45, 7) is 2.15. The molecular weight excluding hydrogens is 249 g/mol. The summed E-state index contributed by atoms with van der Waals surface area (Å²) in [6.07, 6.45) is 2.46. The van der Waals surface area contributed by atoms with E-state index in [0.717, 1.165) is 13.1 Å². The van der Waals surface area contributed by atoms with Crippen molar-refractivity contribution in [3.63, 3.8) is 0 Å². The normalized spacial score (nSPS) is 15.5. The van der Waals surface area contributed by atoms with Crippen LogP contribution in [-0.4, -0.2) is 6.54 Å². The Morgan fingerprint density at radius 3 is 3.00 bits per heavy atom. The first kappa shape index (κ1) is 11.0. The zero-order valence-electron chi connectivity index (χ0n) is 7.35. The summed E-state index contributed by atoms with van der Waals surface area (Å²) in [6, 6.07) is 6.47. The molecule has 1 heterocycles. The summed E-state index contributed by atoms with van der Waals surface area (Å²) >= 11 is 3.58. The summed E-state index contributed by atoms with van der Waals surface area (Å²) < 4.78 is 1.24. The molecule has 0 saturated carbocycles. The van der Waals surface area contributed by atoms with Crippen LogP contribution < -0.4 is 5.32 Å². The van der Waals surface area contributed by atoms with Crippen LogP contribution >= 0.6 is 28.3 Å². The summed E-state index contributed by atoms with van der Waals surface area (Å²) in [4.78, 5) is 0. The Labute approximate surface area is 93.5 Å². The molecule has 13 heavy (non-hydrogen) atoms. The maximum Gasteiger partial charge on any atom is 0.0223 e. The van der Waals surface area contributed by atoms with E-state index in [2.05, 4.69) is 39.4 Å². The van der Waals surface area contributed by atoms with Crippen LogP contribution in [0.3, 0.4) is 0 Å². The van der Waals surface area contributed by atoms with Gasteiger partial charge in [0.25, 0.3) is 0 Å². The van der Waals surface area contributed by atoms with Crippen molar-refractivity contribution in [1.29, 1.82) is 0 Å². The number of halogens is 2. The van der Waals surface area contributed by atoms with E-state index in [1.165, 1.54) is 28.4 Å². The number of aryl methyl sites for hydroxylation is 1. The molecular formula is C10H13BrClN. The maximum atomic E-state index is 3.58. The zero-order valence-corrected chi connectivity index (χ0v) is 9.75. The van der Waals surface area contributed by atoms with Crippen molar-refractivity contribution < 1.29 is 0 Å². The molecule has 0 atom stereocenters. The SMILES string of the molecule is Brc1cccc2c1CNCCC2.Cl. The van der Waals surface area contributed by atoms with Gasteiger partial charge in [-0.3, -0.25) is 0 Å². The van der Waals surface area contributed by atoms with Gasteiger partial charge in [0.2, 0.25) is 0 Å². The van der Waals surface area contributed by atoms with Gasteiger partial charge in [0.15, 0.2) is 0 Å². The van der Waals surface area contributed by atoms with Gasteiger partial charge in [0.1, 0.15) is 0 Å². The van der Waals surface area contributed by atoms with Gasteiger partial charge < -0.3 is 5.32 Å². The molecule has 72 valence electrons. The second-order valence-electron chi connectivity index (χ2n) is 3.16. The van der Waals surface area contributed by atoms with Crippen molar-refractivity contribution >= 4 is 28.3 Å². The van der Waals surface area contributed by atoms with Gasteiger partial charge >= 0.3 is 0 Å². The molecule has 1 nitrogen and oxygen atoms in total. The third-order valence-corrected chi connectivity index (χ3v) is 3.06.